The van der Waals surface area contributed by atoms with Gasteiger partial charge in [0.15, 0.2) is 0 Å². The highest BCUT2D eigenvalue weighted by atomic mass is 16.5. The number of Topliss-reactive ketones (excluding diaryl/α,β-unsaturated/α-hetero) is 1. The number of methoxy groups -OCH3 is 3. The second-order valence-electron chi connectivity index (χ2n) is 7.71. The lowest BCUT2D eigenvalue weighted by Crippen LogP contribution is -2.29. The molecule has 1 fully saturated rings. The Morgan fingerprint density at radius 1 is 0.771 bits per heavy atom. The van der Waals surface area contributed by atoms with Crippen molar-refractivity contribution in [1.82, 2.24) is 0 Å². The van der Waals surface area contributed by atoms with E-state index in [9.17, 15) is 19.5 Å². The van der Waals surface area contributed by atoms with Crippen LogP contribution < -0.4 is 14.4 Å². The third-order valence-corrected chi connectivity index (χ3v) is 5.81. The first-order chi connectivity index (χ1) is 16.9. The molecule has 1 N–H and O–H groups in total. The predicted octanol–water partition coefficient (Wildman–Crippen LogP) is 4.12. The maximum atomic E-state index is 13.2. The van der Waals surface area contributed by atoms with Gasteiger partial charge in [-0.1, -0.05) is 12.1 Å². The van der Waals surface area contributed by atoms with E-state index >= 15 is 0 Å². The third-order valence-electron chi connectivity index (χ3n) is 5.81. The third kappa shape index (κ3) is 4.33. The van der Waals surface area contributed by atoms with E-state index in [2.05, 4.69) is 0 Å². The molecule has 178 valence electrons. The number of carbonyl (C=O) groups is 3. The SMILES string of the molecule is COC(=O)c1ccc(N2C(=O)C(=O)/C(=C(/O)c3ccc(OC)cc3)C2c2ccc(OC)cc2)cc1. The Bertz CT molecular complexity index is 1290. The van der Waals surface area contributed by atoms with Crippen LogP contribution in [0.15, 0.2) is 78.4 Å². The van der Waals surface area contributed by atoms with Crippen LogP contribution in [-0.4, -0.2) is 44.1 Å². The number of carbonyl (C=O) groups excluding carboxylic acids is 3. The van der Waals surface area contributed by atoms with E-state index in [1.54, 1.807) is 60.7 Å². The zero-order chi connectivity index (χ0) is 25.1. The van der Waals surface area contributed by atoms with Crippen molar-refractivity contribution in [3.8, 4) is 11.5 Å². The molecule has 1 amide bonds. The second kappa shape index (κ2) is 9.72. The van der Waals surface area contributed by atoms with Crippen LogP contribution in [0.5, 0.6) is 11.5 Å². The number of aliphatic hydroxyl groups excluding tert-OH is 1. The fourth-order valence-electron chi connectivity index (χ4n) is 3.98. The molecule has 1 heterocycles. The molecule has 1 aliphatic rings. The quantitative estimate of drug-likeness (QED) is 0.249. The van der Waals surface area contributed by atoms with Crippen LogP contribution in [0.25, 0.3) is 5.76 Å². The number of hydrogen-bond donors (Lipinski definition) is 1. The number of nitrogens with zero attached hydrogens (tertiary/aromatic N) is 1. The Hall–Kier alpha value is -4.59. The van der Waals surface area contributed by atoms with E-state index in [0.29, 0.717) is 33.9 Å². The fourth-order valence-corrected chi connectivity index (χ4v) is 3.98. The molecule has 0 saturated carbocycles. The van der Waals surface area contributed by atoms with Crippen LogP contribution >= 0.6 is 0 Å². The Morgan fingerprint density at radius 3 is 1.80 bits per heavy atom. The summed E-state index contributed by atoms with van der Waals surface area (Å²) in [5.74, 6) is -1.27. The van der Waals surface area contributed by atoms with Gasteiger partial charge in [-0.25, -0.2) is 4.79 Å². The standard InChI is InChI=1S/C27H23NO7/c1-33-20-12-6-16(7-13-20)23-22(24(29)17-8-14-21(34-2)15-9-17)25(30)26(31)28(23)19-10-4-18(5-11-19)27(32)35-3/h4-15,23,29H,1-3H3/b24-22+. The average Bonchev–Trinajstić information content (AvgIpc) is 3.18. The van der Waals surface area contributed by atoms with Crippen molar-refractivity contribution in [1.29, 1.82) is 0 Å². The van der Waals surface area contributed by atoms with Gasteiger partial charge in [0.05, 0.1) is 38.5 Å². The number of aliphatic hydroxyl groups is 1. The van der Waals surface area contributed by atoms with Gasteiger partial charge in [-0.05, 0) is 66.2 Å². The van der Waals surface area contributed by atoms with Crippen LogP contribution in [0.1, 0.15) is 27.5 Å². The molecule has 35 heavy (non-hydrogen) atoms. The molecule has 0 aromatic heterocycles. The van der Waals surface area contributed by atoms with Crippen molar-refractivity contribution < 1.29 is 33.7 Å². The van der Waals surface area contributed by atoms with Gasteiger partial charge in [0.1, 0.15) is 17.3 Å². The van der Waals surface area contributed by atoms with E-state index in [-0.39, 0.29) is 11.3 Å². The van der Waals surface area contributed by atoms with Gasteiger partial charge in [-0.2, -0.15) is 0 Å². The smallest absolute Gasteiger partial charge is 0.337 e. The van der Waals surface area contributed by atoms with Gasteiger partial charge < -0.3 is 19.3 Å². The Kier molecular flexibility index (Phi) is 6.55. The summed E-state index contributed by atoms with van der Waals surface area (Å²) in [7, 11) is 4.33. The number of amides is 1. The molecule has 1 aliphatic heterocycles. The largest absolute Gasteiger partial charge is 0.507 e. The number of ether oxygens (including phenoxy) is 3. The summed E-state index contributed by atoms with van der Waals surface area (Å²) in [6, 6.07) is 18.6. The Balaban J connectivity index is 1.87. The van der Waals surface area contributed by atoms with E-state index in [0.717, 1.165) is 0 Å². The molecule has 8 heteroatoms. The number of rotatable bonds is 6. The van der Waals surface area contributed by atoms with Crippen LogP contribution in [0, 0.1) is 0 Å². The lowest BCUT2D eigenvalue weighted by atomic mass is 9.95. The monoisotopic (exact) mass is 473 g/mol. The number of ketones is 1. The topological polar surface area (TPSA) is 102 Å². The second-order valence-corrected chi connectivity index (χ2v) is 7.71. The van der Waals surface area contributed by atoms with Crippen molar-refractivity contribution in [2.24, 2.45) is 0 Å². The van der Waals surface area contributed by atoms with E-state index in [4.69, 9.17) is 14.2 Å². The van der Waals surface area contributed by atoms with Gasteiger partial charge >= 0.3 is 5.97 Å². The maximum Gasteiger partial charge on any atom is 0.337 e. The van der Waals surface area contributed by atoms with Gasteiger partial charge in [-0.15, -0.1) is 0 Å². The van der Waals surface area contributed by atoms with Gasteiger partial charge in [0.25, 0.3) is 11.7 Å². The van der Waals surface area contributed by atoms with Gasteiger partial charge in [0.2, 0.25) is 0 Å². The minimum absolute atomic E-state index is 0.0534. The van der Waals surface area contributed by atoms with Crippen molar-refractivity contribution in [2.75, 3.05) is 26.2 Å². The molecule has 0 aliphatic carbocycles. The summed E-state index contributed by atoms with van der Waals surface area (Å²) in [5, 5.41) is 11.2. The molecule has 1 saturated heterocycles. The predicted molar refractivity (Wildman–Crippen MR) is 129 cm³/mol. The lowest BCUT2D eigenvalue weighted by Gasteiger charge is -2.25. The van der Waals surface area contributed by atoms with Crippen LogP contribution in [0.2, 0.25) is 0 Å². The number of hydrogen-bond acceptors (Lipinski definition) is 7. The van der Waals surface area contributed by atoms with Crippen molar-refractivity contribution >= 4 is 29.1 Å². The molecule has 0 spiro atoms. The highest BCUT2D eigenvalue weighted by Crippen LogP contribution is 2.42. The molecule has 1 unspecified atom stereocenters. The summed E-state index contributed by atoms with van der Waals surface area (Å²) >= 11 is 0. The van der Waals surface area contributed by atoms with E-state index < -0.39 is 23.7 Å². The zero-order valence-corrected chi connectivity index (χ0v) is 19.3. The summed E-state index contributed by atoms with van der Waals surface area (Å²) < 4.78 is 15.1. The molecule has 8 nitrogen and oxygen atoms in total. The molecule has 3 aromatic rings. The minimum atomic E-state index is -0.910. The van der Waals surface area contributed by atoms with Gasteiger partial charge in [0, 0.05) is 11.3 Å². The maximum absolute atomic E-state index is 13.2. The number of anilines is 1. The summed E-state index contributed by atoms with van der Waals surface area (Å²) in [6.45, 7) is 0. The van der Waals surface area contributed by atoms with Crippen molar-refractivity contribution in [3.63, 3.8) is 0 Å². The molecular formula is C27H23NO7. The summed E-state index contributed by atoms with van der Waals surface area (Å²) in [6.07, 6.45) is 0. The van der Waals surface area contributed by atoms with E-state index in [1.807, 2.05) is 0 Å². The molecular weight excluding hydrogens is 450 g/mol. The average molecular weight is 473 g/mol. The molecule has 0 radical (unpaired) electrons. The first kappa shape index (κ1) is 23.6. The Labute approximate surface area is 202 Å². The highest BCUT2D eigenvalue weighted by Gasteiger charge is 2.47. The van der Waals surface area contributed by atoms with Crippen LogP contribution in [0.4, 0.5) is 5.69 Å². The van der Waals surface area contributed by atoms with Crippen LogP contribution in [-0.2, 0) is 14.3 Å². The zero-order valence-electron chi connectivity index (χ0n) is 19.3. The Morgan fingerprint density at radius 2 is 1.29 bits per heavy atom. The first-order valence-electron chi connectivity index (χ1n) is 10.7. The summed E-state index contributed by atoms with van der Waals surface area (Å²) in [5.41, 5.74) is 1.59. The van der Waals surface area contributed by atoms with Crippen molar-refractivity contribution in [2.45, 2.75) is 6.04 Å². The van der Waals surface area contributed by atoms with Crippen molar-refractivity contribution in [3.05, 3.63) is 95.1 Å². The number of benzene rings is 3. The fraction of sp³-hybridized carbons (Fsp3) is 0.148. The molecule has 1 atom stereocenters. The summed E-state index contributed by atoms with van der Waals surface area (Å²) in [4.78, 5) is 39.6. The normalized spacial score (nSPS) is 16.8. The number of esters is 1. The van der Waals surface area contributed by atoms with Gasteiger partial charge in [-0.3, -0.25) is 14.5 Å². The van der Waals surface area contributed by atoms with E-state index in [1.165, 1.54) is 38.4 Å². The molecule has 3 aromatic carbocycles. The minimum Gasteiger partial charge on any atom is -0.507 e. The highest BCUT2D eigenvalue weighted by molar-refractivity contribution is 6.51. The molecule has 0 bridgehead atoms. The lowest BCUT2D eigenvalue weighted by molar-refractivity contribution is -0.132. The molecule has 4 rings (SSSR count). The first-order valence-corrected chi connectivity index (χ1v) is 10.7. The van der Waals surface area contributed by atoms with Crippen LogP contribution in [0.3, 0.4) is 0 Å².